The second kappa shape index (κ2) is 7.63. The molecule has 2 rings (SSSR count). The van der Waals surface area contributed by atoms with Gasteiger partial charge in [0, 0.05) is 5.02 Å². The Morgan fingerprint density at radius 3 is 2.33 bits per heavy atom. The van der Waals surface area contributed by atoms with Gasteiger partial charge in [-0.15, -0.1) is 0 Å². The lowest BCUT2D eigenvalue weighted by Gasteiger charge is -2.14. The van der Waals surface area contributed by atoms with Gasteiger partial charge in [0.25, 0.3) is 0 Å². The monoisotopic (exact) mass is 371 g/mol. The minimum Gasteiger partial charge on any atom is -0.331 e. The summed E-state index contributed by atoms with van der Waals surface area (Å²) in [5.41, 5.74) is 3.02. The Kier molecular flexibility index (Phi) is 5.80. The molecule has 0 atom stereocenters. The fourth-order valence-corrected chi connectivity index (χ4v) is 2.16. The first-order chi connectivity index (χ1) is 11.3. The zero-order valence-electron chi connectivity index (χ0n) is 12.5. The van der Waals surface area contributed by atoms with Crippen LogP contribution in [0.2, 0.25) is 5.02 Å². The van der Waals surface area contributed by atoms with Crippen LogP contribution in [0.25, 0.3) is 0 Å². The van der Waals surface area contributed by atoms with E-state index in [0.717, 1.165) is 11.6 Å². The van der Waals surface area contributed by atoms with Crippen molar-refractivity contribution < 1.29 is 13.2 Å². The number of halogens is 4. The Labute approximate surface area is 147 Å². The predicted octanol–water partition coefficient (Wildman–Crippen LogP) is 5.07. The number of rotatable bonds is 3. The van der Waals surface area contributed by atoms with E-state index >= 15 is 0 Å². The van der Waals surface area contributed by atoms with Crippen LogP contribution in [0, 0.1) is 0 Å². The molecule has 0 heterocycles. The molecule has 0 fully saturated rings. The van der Waals surface area contributed by atoms with Crippen LogP contribution in [-0.2, 0) is 6.18 Å². The summed E-state index contributed by atoms with van der Waals surface area (Å²) in [5, 5.41) is 7.11. The van der Waals surface area contributed by atoms with E-state index in [4.69, 9.17) is 23.8 Å². The number of thiocarbonyl (C=S) groups is 1. The molecule has 3 nitrogen and oxygen atoms in total. The summed E-state index contributed by atoms with van der Waals surface area (Å²) in [7, 11) is 0. The average Bonchev–Trinajstić information content (AvgIpc) is 2.53. The number of hydrogen-bond acceptors (Lipinski definition) is 2. The maximum absolute atomic E-state index is 12.9. The van der Waals surface area contributed by atoms with E-state index in [2.05, 4.69) is 15.8 Å². The first kappa shape index (κ1) is 18.2. The summed E-state index contributed by atoms with van der Waals surface area (Å²) in [6.45, 7) is 1.74. The molecule has 24 heavy (non-hydrogen) atoms. The van der Waals surface area contributed by atoms with E-state index in [9.17, 15) is 13.2 Å². The highest BCUT2D eigenvalue weighted by Gasteiger charge is 2.33. The molecule has 0 amide bonds. The molecule has 0 saturated carbocycles. The van der Waals surface area contributed by atoms with Crippen LogP contribution >= 0.6 is 23.8 Å². The van der Waals surface area contributed by atoms with Gasteiger partial charge in [-0.3, -0.25) is 5.43 Å². The van der Waals surface area contributed by atoms with Crippen LogP contribution < -0.4 is 10.7 Å². The molecular weight excluding hydrogens is 359 g/mol. The van der Waals surface area contributed by atoms with Crippen molar-refractivity contribution in [3.8, 4) is 0 Å². The van der Waals surface area contributed by atoms with Gasteiger partial charge in [0.1, 0.15) is 0 Å². The summed E-state index contributed by atoms with van der Waals surface area (Å²) >= 11 is 10.8. The number of hydrogen-bond donors (Lipinski definition) is 2. The fraction of sp³-hybridized carbons (Fsp3) is 0.125. The summed E-state index contributed by atoms with van der Waals surface area (Å²) in [5.74, 6) is 0. The zero-order valence-corrected chi connectivity index (χ0v) is 14.1. The lowest BCUT2D eigenvalue weighted by molar-refractivity contribution is -0.136. The molecule has 0 aliphatic heterocycles. The summed E-state index contributed by atoms with van der Waals surface area (Å²) in [6.07, 6.45) is -4.47. The van der Waals surface area contributed by atoms with Gasteiger partial charge in [0.05, 0.1) is 17.0 Å². The number of para-hydroxylation sites is 1. The summed E-state index contributed by atoms with van der Waals surface area (Å²) in [4.78, 5) is 0. The molecule has 0 unspecified atom stereocenters. The first-order valence-electron chi connectivity index (χ1n) is 6.81. The van der Waals surface area contributed by atoms with E-state index in [-0.39, 0.29) is 10.8 Å². The molecule has 2 N–H and O–H groups in total. The Morgan fingerprint density at radius 1 is 1.08 bits per heavy atom. The molecular formula is C16H13ClF3N3S. The molecule has 126 valence electrons. The van der Waals surface area contributed by atoms with Crippen molar-refractivity contribution in [1.29, 1.82) is 0 Å². The SMILES string of the molecule is C/C(=N\NC(=S)Nc1ccccc1C(F)(F)F)c1ccc(Cl)cc1. The van der Waals surface area contributed by atoms with Crippen molar-refractivity contribution >= 4 is 40.3 Å². The molecule has 0 saturated heterocycles. The van der Waals surface area contributed by atoms with Crippen molar-refractivity contribution in [3.05, 3.63) is 64.7 Å². The van der Waals surface area contributed by atoms with Gasteiger partial charge in [-0.1, -0.05) is 35.9 Å². The molecule has 0 spiro atoms. The van der Waals surface area contributed by atoms with Crippen molar-refractivity contribution in [3.63, 3.8) is 0 Å². The fourth-order valence-electron chi connectivity index (χ4n) is 1.88. The lowest BCUT2D eigenvalue weighted by atomic mass is 10.1. The number of anilines is 1. The molecule has 2 aromatic carbocycles. The smallest absolute Gasteiger partial charge is 0.331 e. The van der Waals surface area contributed by atoms with Crippen molar-refractivity contribution in [2.75, 3.05) is 5.32 Å². The first-order valence-corrected chi connectivity index (χ1v) is 7.59. The maximum atomic E-state index is 12.9. The highest BCUT2D eigenvalue weighted by molar-refractivity contribution is 7.80. The van der Waals surface area contributed by atoms with E-state index in [1.54, 1.807) is 31.2 Å². The van der Waals surface area contributed by atoms with Gasteiger partial charge in [0.15, 0.2) is 5.11 Å². The molecule has 0 aliphatic rings. The summed E-state index contributed by atoms with van der Waals surface area (Å²) < 4.78 is 38.8. The van der Waals surface area contributed by atoms with Crippen LogP contribution in [0.5, 0.6) is 0 Å². The maximum Gasteiger partial charge on any atom is 0.418 e. The summed E-state index contributed by atoms with van der Waals surface area (Å²) in [6, 6.07) is 12.1. The minimum atomic E-state index is -4.47. The third-order valence-corrected chi connectivity index (χ3v) is 3.51. The third-order valence-electron chi connectivity index (χ3n) is 3.07. The van der Waals surface area contributed by atoms with Gasteiger partial charge >= 0.3 is 6.18 Å². The predicted molar refractivity (Wildman–Crippen MR) is 94.5 cm³/mol. The second-order valence-corrected chi connectivity index (χ2v) is 5.66. The van der Waals surface area contributed by atoms with E-state index < -0.39 is 11.7 Å². The molecule has 0 aromatic heterocycles. The van der Waals surface area contributed by atoms with Crippen molar-refractivity contribution in [1.82, 2.24) is 5.43 Å². The van der Waals surface area contributed by atoms with Crippen molar-refractivity contribution in [2.24, 2.45) is 5.10 Å². The number of nitrogens with zero attached hydrogens (tertiary/aromatic N) is 1. The van der Waals surface area contributed by atoms with Gasteiger partial charge in [0.2, 0.25) is 0 Å². The Morgan fingerprint density at radius 2 is 1.71 bits per heavy atom. The Hall–Kier alpha value is -2.12. The Bertz CT molecular complexity index is 758. The zero-order chi connectivity index (χ0) is 17.7. The van der Waals surface area contributed by atoms with Gasteiger partial charge < -0.3 is 5.32 Å². The van der Waals surface area contributed by atoms with Gasteiger partial charge in [-0.25, -0.2) is 0 Å². The number of alkyl halides is 3. The number of benzene rings is 2. The molecule has 0 aliphatic carbocycles. The number of nitrogens with one attached hydrogen (secondary N) is 2. The van der Waals surface area contributed by atoms with Gasteiger partial charge in [-0.05, 0) is 49.0 Å². The second-order valence-electron chi connectivity index (χ2n) is 4.81. The van der Waals surface area contributed by atoms with Crippen LogP contribution in [-0.4, -0.2) is 10.8 Å². The number of hydrazone groups is 1. The van der Waals surface area contributed by atoms with E-state index in [0.29, 0.717) is 10.7 Å². The highest BCUT2D eigenvalue weighted by Crippen LogP contribution is 2.34. The van der Waals surface area contributed by atoms with Crippen molar-refractivity contribution in [2.45, 2.75) is 13.1 Å². The normalized spacial score (nSPS) is 12.0. The average molecular weight is 372 g/mol. The highest BCUT2D eigenvalue weighted by atomic mass is 35.5. The van der Waals surface area contributed by atoms with Crippen LogP contribution in [0.1, 0.15) is 18.1 Å². The van der Waals surface area contributed by atoms with E-state index in [1.165, 1.54) is 18.2 Å². The molecule has 0 radical (unpaired) electrons. The molecule has 8 heteroatoms. The van der Waals surface area contributed by atoms with Crippen LogP contribution in [0.4, 0.5) is 18.9 Å². The molecule has 0 bridgehead atoms. The third kappa shape index (κ3) is 4.94. The van der Waals surface area contributed by atoms with Crippen LogP contribution in [0.3, 0.4) is 0 Å². The topological polar surface area (TPSA) is 36.4 Å². The van der Waals surface area contributed by atoms with E-state index in [1.807, 2.05) is 0 Å². The quantitative estimate of drug-likeness (QED) is 0.449. The lowest BCUT2D eigenvalue weighted by Crippen LogP contribution is -2.26. The minimum absolute atomic E-state index is 0.0417. The van der Waals surface area contributed by atoms with Crippen LogP contribution in [0.15, 0.2) is 53.6 Å². The molecule has 2 aromatic rings. The standard InChI is InChI=1S/C16H13ClF3N3S/c1-10(11-6-8-12(17)9-7-11)22-23-15(24)21-14-5-3-2-4-13(14)16(18,19)20/h2-9H,1H3,(H2,21,23,24)/b22-10+. The largest absolute Gasteiger partial charge is 0.418 e. The Balaban J connectivity index is 2.06. The van der Waals surface area contributed by atoms with Gasteiger partial charge in [-0.2, -0.15) is 18.3 Å².